The molecule has 1 amide bonds. The van der Waals surface area contributed by atoms with E-state index in [4.69, 9.17) is 5.11 Å². The Balaban J connectivity index is 2.40. The Morgan fingerprint density at radius 1 is 1.64 bits per heavy atom. The van der Waals surface area contributed by atoms with Gasteiger partial charge in [-0.3, -0.25) is 0 Å². The number of nitrogens with zero attached hydrogens (tertiary/aromatic N) is 4. The van der Waals surface area contributed by atoms with Gasteiger partial charge in [0.25, 0.3) is 0 Å². The summed E-state index contributed by atoms with van der Waals surface area (Å²) in [6.07, 6.45) is -0.583. The lowest BCUT2D eigenvalue weighted by molar-refractivity contribution is 0.194. The Kier molecular flexibility index (Phi) is 3.38. The quantitative estimate of drug-likeness (QED) is 0.715. The van der Waals surface area contributed by atoms with Crippen LogP contribution in [0.25, 0.3) is 0 Å². The molecule has 0 fully saturated rings. The number of rotatable bonds is 4. The minimum absolute atomic E-state index is 0.170. The average Bonchev–Trinajstić information content (AvgIpc) is 2.52. The van der Waals surface area contributed by atoms with Crippen LogP contribution in [0.1, 0.15) is 25.7 Å². The lowest BCUT2D eigenvalue weighted by Crippen LogP contribution is -2.23. The molecule has 1 aromatic rings. The number of hydrogen-bond donors (Lipinski definition) is 2. The third kappa shape index (κ3) is 3.00. The van der Waals surface area contributed by atoms with E-state index in [2.05, 4.69) is 20.7 Å². The van der Waals surface area contributed by atoms with Crippen molar-refractivity contribution < 1.29 is 9.90 Å². The molecule has 0 aliphatic rings. The van der Waals surface area contributed by atoms with Crippen molar-refractivity contribution in [3.8, 4) is 0 Å². The Morgan fingerprint density at radius 3 is 2.86 bits per heavy atom. The molecular formula is C7H13N5O2. The van der Waals surface area contributed by atoms with E-state index in [1.807, 2.05) is 13.8 Å². The Bertz CT molecular complexity index is 309. The van der Waals surface area contributed by atoms with Crippen LogP contribution in [0, 0.1) is 0 Å². The molecule has 1 heterocycles. The van der Waals surface area contributed by atoms with Crippen LogP contribution in [-0.4, -0.2) is 38.0 Å². The molecule has 0 spiro atoms. The van der Waals surface area contributed by atoms with E-state index in [-0.39, 0.29) is 6.04 Å². The third-order valence-electron chi connectivity index (χ3n) is 1.56. The minimum atomic E-state index is -1.04. The fourth-order valence-corrected chi connectivity index (χ4v) is 0.856. The zero-order chi connectivity index (χ0) is 10.6. The van der Waals surface area contributed by atoms with Gasteiger partial charge in [-0.1, -0.05) is 0 Å². The van der Waals surface area contributed by atoms with Gasteiger partial charge in [-0.15, -0.1) is 10.2 Å². The molecule has 2 N–H and O–H groups in total. The summed E-state index contributed by atoms with van der Waals surface area (Å²) in [5, 5.41) is 22.2. The summed E-state index contributed by atoms with van der Waals surface area (Å²) in [5.41, 5.74) is 0. The summed E-state index contributed by atoms with van der Waals surface area (Å²) in [6.45, 7) is 4.20. The maximum absolute atomic E-state index is 10.1. The first-order valence-corrected chi connectivity index (χ1v) is 4.34. The molecule has 14 heavy (non-hydrogen) atoms. The summed E-state index contributed by atoms with van der Waals surface area (Å²) in [6, 6.07) is 0.170. The minimum Gasteiger partial charge on any atom is -0.465 e. The third-order valence-corrected chi connectivity index (χ3v) is 1.56. The molecule has 0 aliphatic heterocycles. The van der Waals surface area contributed by atoms with Crippen molar-refractivity contribution in [3.63, 3.8) is 0 Å². The van der Waals surface area contributed by atoms with Crippen LogP contribution in [0.15, 0.2) is 0 Å². The SMILES string of the molecule is CC(C)n1nnc(CCNC(=O)O)n1. The van der Waals surface area contributed by atoms with Gasteiger partial charge in [-0.2, -0.15) is 4.80 Å². The molecule has 0 atom stereocenters. The Hall–Kier alpha value is -1.66. The predicted molar refractivity (Wildman–Crippen MR) is 47.9 cm³/mol. The zero-order valence-corrected chi connectivity index (χ0v) is 8.14. The molecule has 1 aromatic heterocycles. The molecule has 7 heteroatoms. The Labute approximate surface area is 81.1 Å². The van der Waals surface area contributed by atoms with E-state index in [1.165, 1.54) is 4.80 Å². The number of hydrogen-bond acceptors (Lipinski definition) is 4. The second-order valence-electron chi connectivity index (χ2n) is 3.10. The average molecular weight is 199 g/mol. The van der Waals surface area contributed by atoms with Crippen LogP contribution in [0.2, 0.25) is 0 Å². The monoisotopic (exact) mass is 199 g/mol. The van der Waals surface area contributed by atoms with Crippen molar-refractivity contribution in [1.29, 1.82) is 0 Å². The number of amides is 1. The highest BCUT2D eigenvalue weighted by atomic mass is 16.4. The summed E-state index contributed by atoms with van der Waals surface area (Å²) in [4.78, 5) is 11.6. The second-order valence-corrected chi connectivity index (χ2v) is 3.10. The molecule has 0 saturated heterocycles. The normalized spacial score (nSPS) is 10.5. The predicted octanol–water partition coefficient (Wildman–Crippen LogP) is 0.0641. The molecule has 1 rings (SSSR count). The van der Waals surface area contributed by atoms with Crippen LogP contribution in [0.4, 0.5) is 4.79 Å². The van der Waals surface area contributed by atoms with Gasteiger partial charge in [0.05, 0.1) is 6.04 Å². The summed E-state index contributed by atoms with van der Waals surface area (Å²) in [7, 11) is 0. The van der Waals surface area contributed by atoms with Crippen molar-refractivity contribution >= 4 is 6.09 Å². The zero-order valence-electron chi connectivity index (χ0n) is 8.14. The highest BCUT2D eigenvalue weighted by molar-refractivity contribution is 5.64. The van der Waals surface area contributed by atoms with E-state index in [0.717, 1.165) is 0 Å². The summed E-state index contributed by atoms with van der Waals surface area (Å²) >= 11 is 0. The molecule has 0 bridgehead atoms. The van der Waals surface area contributed by atoms with Crippen LogP contribution in [0.3, 0.4) is 0 Å². The van der Waals surface area contributed by atoms with Crippen LogP contribution >= 0.6 is 0 Å². The van der Waals surface area contributed by atoms with Gasteiger partial charge in [0.1, 0.15) is 0 Å². The van der Waals surface area contributed by atoms with Crippen molar-refractivity contribution in [1.82, 2.24) is 25.5 Å². The second kappa shape index (κ2) is 4.54. The van der Waals surface area contributed by atoms with E-state index in [9.17, 15) is 4.79 Å². The van der Waals surface area contributed by atoms with Crippen molar-refractivity contribution in [3.05, 3.63) is 5.82 Å². The summed E-state index contributed by atoms with van der Waals surface area (Å²) < 4.78 is 0. The standard InChI is InChI=1S/C7H13N5O2/c1-5(2)12-10-6(9-11-12)3-4-8-7(13)14/h5,8H,3-4H2,1-2H3,(H,13,14). The fraction of sp³-hybridized carbons (Fsp3) is 0.714. The highest BCUT2D eigenvalue weighted by Gasteiger charge is 2.05. The molecule has 7 nitrogen and oxygen atoms in total. The van der Waals surface area contributed by atoms with Gasteiger partial charge in [-0.05, 0) is 19.1 Å². The van der Waals surface area contributed by atoms with E-state index >= 15 is 0 Å². The van der Waals surface area contributed by atoms with Crippen molar-refractivity contribution in [2.75, 3.05) is 6.54 Å². The molecule has 0 aliphatic carbocycles. The van der Waals surface area contributed by atoms with Crippen molar-refractivity contribution in [2.45, 2.75) is 26.3 Å². The topological polar surface area (TPSA) is 92.9 Å². The first-order valence-electron chi connectivity index (χ1n) is 4.34. The van der Waals surface area contributed by atoms with E-state index in [0.29, 0.717) is 18.8 Å². The maximum Gasteiger partial charge on any atom is 0.404 e. The van der Waals surface area contributed by atoms with E-state index in [1.54, 1.807) is 0 Å². The van der Waals surface area contributed by atoms with Gasteiger partial charge in [0, 0.05) is 13.0 Å². The smallest absolute Gasteiger partial charge is 0.404 e. The van der Waals surface area contributed by atoms with Crippen LogP contribution in [-0.2, 0) is 6.42 Å². The number of carbonyl (C=O) groups is 1. The van der Waals surface area contributed by atoms with Gasteiger partial charge in [0.15, 0.2) is 5.82 Å². The molecular weight excluding hydrogens is 186 g/mol. The van der Waals surface area contributed by atoms with Crippen LogP contribution in [0.5, 0.6) is 0 Å². The van der Waals surface area contributed by atoms with Gasteiger partial charge in [-0.25, -0.2) is 4.79 Å². The number of aromatic nitrogens is 4. The number of carboxylic acid groups (broad SMARTS) is 1. The van der Waals surface area contributed by atoms with Crippen molar-refractivity contribution in [2.24, 2.45) is 0 Å². The molecule has 0 unspecified atom stereocenters. The number of nitrogens with one attached hydrogen (secondary N) is 1. The largest absolute Gasteiger partial charge is 0.465 e. The fourth-order valence-electron chi connectivity index (χ4n) is 0.856. The summed E-state index contributed by atoms with van der Waals surface area (Å²) in [5.74, 6) is 0.549. The number of tetrazole rings is 1. The molecule has 78 valence electrons. The molecule has 0 saturated carbocycles. The lowest BCUT2D eigenvalue weighted by atomic mass is 10.4. The first kappa shape index (κ1) is 10.4. The molecule has 0 radical (unpaired) electrons. The van der Waals surface area contributed by atoms with Gasteiger partial charge in [0.2, 0.25) is 0 Å². The molecule has 0 aromatic carbocycles. The Morgan fingerprint density at radius 2 is 2.36 bits per heavy atom. The van der Waals surface area contributed by atoms with E-state index < -0.39 is 6.09 Å². The van der Waals surface area contributed by atoms with Crippen LogP contribution < -0.4 is 5.32 Å². The first-order chi connectivity index (χ1) is 6.59. The highest BCUT2D eigenvalue weighted by Crippen LogP contribution is 1.97. The maximum atomic E-state index is 10.1. The van der Waals surface area contributed by atoms with Gasteiger partial charge >= 0.3 is 6.09 Å². The van der Waals surface area contributed by atoms with Gasteiger partial charge < -0.3 is 10.4 Å². The lowest BCUT2D eigenvalue weighted by Gasteiger charge is -1.99.